The van der Waals surface area contributed by atoms with Gasteiger partial charge in [-0.3, -0.25) is 9.59 Å². The smallest absolute Gasteiger partial charge is 0.228 e. The summed E-state index contributed by atoms with van der Waals surface area (Å²) < 4.78 is 0. The molecular weight excluding hydrogens is 382 g/mol. The largest absolute Gasteiger partial charge is 0.342 e. The van der Waals surface area contributed by atoms with Crippen LogP contribution in [0.15, 0.2) is 41.2 Å². The van der Waals surface area contributed by atoms with E-state index in [4.69, 9.17) is 0 Å². The molecular formula is C23H29N3O2S. The van der Waals surface area contributed by atoms with Crippen LogP contribution in [0.2, 0.25) is 0 Å². The van der Waals surface area contributed by atoms with Gasteiger partial charge in [-0.05, 0) is 43.6 Å². The summed E-state index contributed by atoms with van der Waals surface area (Å²) in [7, 11) is 0. The van der Waals surface area contributed by atoms with E-state index in [1.807, 2.05) is 28.5 Å². The first kappa shape index (κ1) is 20.1. The average molecular weight is 412 g/mol. The van der Waals surface area contributed by atoms with Gasteiger partial charge in [-0.2, -0.15) is 0 Å². The Morgan fingerprint density at radius 2 is 1.97 bits per heavy atom. The number of carbonyl (C=O) groups is 2. The quantitative estimate of drug-likeness (QED) is 0.730. The molecule has 29 heavy (non-hydrogen) atoms. The molecule has 6 heteroatoms. The maximum Gasteiger partial charge on any atom is 0.228 e. The summed E-state index contributed by atoms with van der Waals surface area (Å²) in [6.07, 6.45) is 5.89. The molecule has 154 valence electrons. The number of amides is 2. The second kappa shape index (κ2) is 9.53. The summed E-state index contributed by atoms with van der Waals surface area (Å²) in [5, 5.41) is 1.95. The molecule has 0 spiro atoms. The molecule has 0 bridgehead atoms. The molecule has 0 saturated carbocycles. The number of rotatable bonds is 6. The van der Waals surface area contributed by atoms with E-state index in [0.29, 0.717) is 18.8 Å². The summed E-state index contributed by atoms with van der Waals surface area (Å²) in [4.78, 5) is 33.9. The van der Waals surface area contributed by atoms with Gasteiger partial charge in [0.2, 0.25) is 11.8 Å². The molecule has 0 N–H and O–H groups in total. The molecule has 4 rings (SSSR count). The summed E-state index contributed by atoms with van der Waals surface area (Å²) in [6.45, 7) is 2.41. The highest BCUT2D eigenvalue weighted by Gasteiger charge is 2.39. The van der Waals surface area contributed by atoms with Crippen molar-refractivity contribution < 1.29 is 9.59 Å². The summed E-state index contributed by atoms with van der Waals surface area (Å²) >= 11 is 1.53. The van der Waals surface area contributed by atoms with Crippen LogP contribution in [0.1, 0.15) is 43.4 Å². The van der Waals surface area contributed by atoms with Gasteiger partial charge < -0.3 is 9.80 Å². The van der Waals surface area contributed by atoms with Crippen molar-refractivity contribution in [3.05, 3.63) is 52.5 Å². The third-order valence-electron chi connectivity index (χ3n) is 6.26. The lowest BCUT2D eigenvalue weighted by Gasteiger charge is -2.47. The molecule has 2 aliphatic rings. The Hall–Kier alpha value is -2.21. The lowest BCUT2D eigenvalue weighted by Crippen LogP contribution is -2.56. The van der Waals surface area contributed by atoms with Gasteiger partial charge in [0.05, 0.1) is 17.6 Å². The number of benzene rings is 1. The van der Waals surface area contributed by atoms with Gasteiger partial charge in [0.15, 0.2) is 0 Å². The van der Waals surface area contributed by atoms with Crippen LogP contribution in [-0.2, 0) is 22.4 Å². The van der Waals surface area contributed by atoms with Crippen molar-refractivity contribution in [2.45, 2.75) is 51.0 Å². The highest BCUT2D eigenvalue weighted by atomic mass is 32.1. The number of nitrogens with zero attached hydrogens (tertiary/aromatic N) is 3. The molecule has 2 aromatic rings. The minimum absolute atomic E-state index is 0.188. The van der Waals surface area contributed by atoms with Crippen LogP contribution in [0.4, 0.5) is 0 Å². The molecule has 5 nitrogen and oxygen atoms in total. The third kappa shape index (κ3) is 5.04. The van der Waals surface area contributed by atoms with E-state index in [1.165, 1.54) is 16.9 Å². The molecule has 2 saturated heterocycles. The van der Waals surface area contributed by atoms with Crippen LogP contribution >= 0.6 is 11.3 Å². The number of hydrogen-bond donors (Lipinski definition) is 0. The Kier molecular flexibility index (Phi) is 6.60. The fraction of sp³-hybridized carbons (Fsp3) is 0.522. The Morgan fingerprint density at radius 1 is 1.10 bits per heavy atom. The van der Waals surface area contributed by atoms with Crippen molar-refractivity contribution in [2.24, 2.45) is 5.92 Å². The van der Waals surface area contributed by atoms with E-state index in [2.05, 4.69) is 22.0 Å². The van der Waals surface area contributed by atoms with Crippen molar-refractivity contribution >= 4 is 23.2 Å². The maximum atomic E-state index is 12.8. The molecule has 0 unspecified atom stereocenters. The fourth-order valence-electron chi connectivity index (χ4n) is 4.77. The van der Waals surface area contributed by atoms with Gasteiger partial charge in [0, 0.05) is 37.5 Å². The summed E-state index contributed by atoms with van der Waals surface area (Å²) in [5.74, 6) is 0.869. The molecule has 2 amide bonds. The van der Waals surface area contributed by atoms with Gasteiger partial charge in [0.25, 0.3) is 0 Å². The molecule has 0 aliphatic carbocycles. The van der Waals surface area contributed by atoms with Gasteiger partial charge in [-0.25, -0.2) is 4.98 Å². The van der Waals surface area contributed by atoms with Gasteiger partial charge in [-0.1, -0.05) is 30.3 Å². The normalized spacial score (nSPS) is 21.7. The zero-order valence-electron chi connectivity index (χ0n) is 16.8. The van der Waals surface area contributed by atoms with E-state index >= 15 is 0 Å². The number of hydrogen-bond acceptors (Lipinski definition) is 4. The minimum atomic E-state index is 0.188. The van der Waals surface area contributed by atoms with Crippen molar-refractivity contribution in [3.63, 3.8) is 0 Å². The monoisotopic (exact) mass is 411 g/mol. The summed E-state index contributed by atoms with van der Waals surface area (Å²) in [6, 6.07) is 10.6. The topological polar surface area (TPSA) is 53.5 Å². The SMILES string of the molecule is O=C(CCCc1ccccc1)N1CC[C@H]2[C@H](CCCN2C(=O)Cc2cscn2)C1. The number of fused-ring (bicyclic) bond motifs is 1. The third-order valence-corrected chi connectivity index (χ3v) is 6.89. The number of carbonyl (C=O) groups excluding carboxylic acids is 2. The fourth-order valence-corrected chi connectivity index (χ4v) is 5.33. The first-order valence-corrected chi connectivity index (χ1v) is 11.6. The molecule has 2 aliphatic heterocycles. The molecule has 3 heterocycles. The highest BCUT2D eigenvalue weighted by molar-refractivity contribution is 7.07. The minimum Gasteiger partial charge on any atom is -0.342 e. The first-order chi connectivity index (χ1) is 14.2. The lowest BCUT2D eigenvalue weighted by molar-refractivity contribution is -0.141. The standard InChI is InChI=1S/C23H29N3O2S/c27-22(10-4-8-18-6-2-1-3-7-18)25-13-11-21-19(15-25)9-5-12-26(21)23(28)14-20-16-29-17-24-20/h1-3,6-7,16-17,19,21H,4-5,8-15H2/t19-,21+/m1/s1. The van der Waals surface area contributed by atoms with E-state index in [-0.39, 0.29) is 17.9 Å². The Labute approximate surface area is 176 Å². The Morgan fingerprint density at radius 3 is 2.76 bits per heavy atom. The van der Waals surface area contributed by atoms with Crippen molar-refractivity contribution in [1.29, 1.82) is 0 Å². The van der Waals surface area contributed by atoms with E-state index in [0.717, 1.165) is 57.4 Å². The highest BCUT2D eigenvalue weighted by Crippen LogP contribution is 2.31. The van der Waals surface area contributed by atoms with E-state index in [1.54, 1.807) is 5.51 Å². The second-order valence-electron chi connectivity index (χ2n) is 8.18. The average Bonchev–Trinajstić information content (AvgIpc) is 3.26. The first-order valence-electron chi connectivity index (χ1n) is 10.7. The Bertz CT molecular complexity index is 809. The summed E-state index contributed by atoms with van der Waals surface area (Å²) in [5.41, 5.74) is 3.94. The number of aryl methyl sites for hydroxylation is 1. The van der Waals surface area contributed by atoms with Crippen molar-refractivity contribution in [3.8, 4) is 0 Å². The number of thiazole rings is 1. The number of aromatic nitrogens is 1. The molecule has 1 aromatic carbocycles. The van der Waals surface area contributed by atoms with Gasteiger partial charge in [-0.15, -0.1) is 11.3 Å². The molecule has 2 fully saturated rings. The van der Waals surface area contributed by atoms with E-state index in [9.17, 15) is 9.59 Å². The lowest BCUT2D eigenvalue weighted by atomic mass is 9.83. The molecule has 1 aromatic heterocycles. The van der Waals surface area contributed by atoms with Crippen LogP contribution in [0.5, 0.6) is 0 Å². The molecule has 2 atom stereocenters. The predicted molar refractivity (Wildman–Crippen MR) is 115 cm³/mol. The molecule has 0 radical (unpaired) electrons. The van der Waals surface area contributed by atoms with Gasteiger partial charge in [0.1, 0.15) is 0 Å². The predicted octanol–water partition coefficient (Wildman–Crippen LogP) is 3.55. The van der Waals surface area contributed by atoms with Crippen LogP contribution < -0.4 is 0 Å². The van der Waals surface area contributed by atoms with Crippen molar-refractivity contribution in [1.82, 2.24) is 14.8 Å². The van der Waals surface area contributed by atoms with Crippen molar-refractivity contribution in [2.75, 3.05) is 19.6 Å². The number of likely N-dealkylation sites (tertiary alicyclic amines) is 2. The van der Waals surface area contributed by atoms with E-state index < -0.39 is 0 Å². The second-order valence-corrected chi connectivity index (χ2v) is 8.90. The van der Waals surface area contributed by atoms with Crippen LogP contribution in [0, 0.1) is 5.92 Å². The zero-order valence-corrected chi connectivity index (χ0v) is 17.7. The zero-order chi connectivity index (χ0) is 20.1. The Balaban J connectivity index is 1.28. The van der Waals surface area contributed by atoms with Crippen LogP contribution in [-0.4, -0.2) is 52.3 Å². The van der Waals surface area contributed by atoms with Crippen LogP contribution in [0.3, 0.4) is 0 Å². The maximum absolute atomic E-state index is 12.8. The van der Waals surface area contributed by atoms with Crippen LogP contribution in [0.25, 0.3) is 0 Å². The van der Waals surface area contributed by atoms with Gasteiger partial charge >= 0.3 is 0 Å². The number of piperidine rings is 2.